The summed E-state index contributed by atoms with van der Waals surface area (Å²) in [6.45, 7) is 0.885. The van der Waals surface area contributed by atoms with E-state index in [4.69, 9.17) is 19.3 Å². The van der Waals surface area contributed by atoms with Crippen LogP contribution in [0.4, 0.5) is 4.39 Å². The van der Waals surface area contributed by atoms with Crippen molar-refractivity contribution in [1.82, 2.24) is 15.0 Å². The maximum atomic E-state index is 13.9. The average Bonchev–Trinajstić information content (AvgIpc) is 3.05. The Morgan fingerprint density at radius 2 is 1.86 bits per heavy atom. The summed E-state index contributed by atoms with van der Waals surface area (Å²) in [5.41, 5.74) is 1.80. The van der Waals surface area contributed by atoms with Gasteiger partial charge in [-0.25, -0.2) is 15.0 Å². The number of aromatic nitrogens is 3. The smallest absolute Gasteiger partial charge is 0.404 e. The fourth-order valence-electron chi connectivity index (χ4n) is 2.98. The molecule has 1 unspecified atom stereocenters. The van der Waals surface area contributed by atoms with E-state index in [2.05, 4.69) is 15.0 Å². The number of aliphatic hydroxyl groups excluding tert-OH is 2. The van der Waals surface area contributed by atoms with E-state index in [9.17, 15) is 9.50 Å². The molecular weight excluding hydrogens is 381 g/mol. The summed E-state index contributed by atoms with van der Waals surface area (Å²) in [6.07, 6.45) is 1.77. The van der Waals surface area contributed by atoms with Crippen LogP contribution in [0.3, 0.4) is 0 Å². The van der Waals surface area contributed by atoms with Crippen molar-refractivity contribution < 1.29 is 28.8 Å². The van der Waals surface area contributed by atoms with Crippen molar-refractivity contribution in [2.24, 2.45) is 0 Å². The number of nitrogens with zero attached hydrogens (tertiary/aromatic N) is 3. The monoisotopic (exact) mass is 399 g/mol. The van der Waals surface area contributed by atoms with E-state index < -0.39 is 12.1 Å². The lowest BCUT2D eigenvalue weighted by Crippen LogP contribution is -2.27. The number of rotatable bonds is 5. The number of fused-ring (bicyclic) bond motifs is 1. The van der Waals surface area contributed by atoms with Crippen molar-refractivity contribution in [1.29, 1.82) is 0 Å². The van der Waals surface area contributed by atoms with E-state index in [0.29, 0.717) is 28.3 Å². The fourth-order valence-corrected chi connectivity index (χ4v) is 2.98. The number of methoxy groups -OCH3 is 1. The maximum absolute atomic E-state index is 13.9. The highest BCUT2D eigenvalue weighted by Gasteiger charge is 2.37. The van der Waals surface area contributed by atoms with E-state index >= 15 is 0 Å². The van der Waals surface area contributed by atoms with Gasteiger partial charge in [-0.15, -0.1) is 0 Å². The second kappa shape index (κ2) is 7.26. The number of alkyl halides is 1. The molecule has 29 heavy (non-hydrogen) atoms. The normalized spacial score (nSPS) is 18.5. The van der Waals surface area contributed by atoms with Gasteiger partial charge in [-0.3, -0.25) is 0 Å². The van der Waals surface area contributed by atoms with Crippen molar-refractivity contribution in [2.75, 3.05) is 7.11 Å². The van der Waals surface area contributed by atoms with Gasteiger partial charge in [0, 0.05) is 30.4 Å². The minimum Gasteiger partial charge on any atom is -0.494 e. The van der Waals surface area contributed by atoms with Crippen molar-refractivity contribution in [2.45, 2.75) is 25.7 Å². The summed E-state index contributed by atoms with van der Waals surface area (Å²) in [4.78, 5) is 12.5. The minimum atomic E-state index is -2.22. The maximum Gasteiger partial charge on any atom is 0.404 e. The number of halogens is 1. The standard InChI is InChI=1S/C20H18FN3O5/c1-20(21)28-14-5-3-11(7-16(14)29-20)18-15(27-2)6-4-13(24-18)19(26)12-8-22-17(10-25)23-9-12/h3-9,19,25-26H,10H2,1-2H3/t19-,20?/m0/s1. The molecule has 2 N–H and O–H groups in total. The zero-order valence-electron chi connectivity index (χ0n) is 15.7. The lowest BCUT2D eigenvalue weighted by atomic mass is 10.1. The van der Waals surface area contributed by atoms with Crippen LogP contribution in [-0.4, -0.2) is 38.3 Å². The number of hydrogen-bond donors (Lipinski definition) is 2. The van der Waals surface area contributed by atoms with E-state index in [1.54, 1.807) is 30.3 Å². The molecule has 3 heterocycles. The molecule has 8 nitrogen and oxygen atoms in total. The van der Waals surface area contributed by atoms with E-state index in [1.165, 1.54) is 26.4 Å². The summed E-state index contributed by atoms with van der Waals surface area (Å²) >= 11 is 0. The third-order valence-electron chi connectivity index (χ3n) is 4.36. The quantitative estimate of drug-likeness (QED) is 0.674. The molecule has 0 saturated heterocycles. The van der Waals surface area contributed by atoms with E-state index in [1.807, 2.05) is 0 Å². The Hall–Kier alpha value is -3.30. The van der Waals surface area contributed by atoms with Crippen molar-refractivity contribution >= 4 is 0 Å². The first-order valence-electron chi connectivity index (χ1n) is 8.76. The van der Waals surface area contributed by atoms with Gasteiger partial charge in [0.15, 0.2) is 17.3 Å². The number of pyridine rings is 1. The summed E-state index contributed by atoms with van der Waals surface area (Å²) in [5.74, 6) is 1.25. The highest BCUT2D eigenvalue weighted by atomic mass is 19.2. The van der Waals surface area contributed by atoms with Gasteiger partial charge < -0.3 is 24.4 Å². The first-order chi connectivity index (χ1) is 13.9. The molecule has 0 spiro atoms. The van der Waals surface area contributed by atoms with Crippen LogP contribution in [0.5, 0.6) is 17.2 Å². The molecule has 9 heteroatoms. The average molecular weight is 399 g/mol. The number of hydrogen-bond acceptors (Lipinski definition) is 8. The van der Waals surface area contributed by atoms with Crippen LogP contribution in [0.1, 0.15) is 30.1 Å². The molecule has 150 valence electrons. The summed E-state index contributed by atoms with van der Waals surface area (Å²) in [7, 11) is 1.50. The highest BCUT2D eigenvalue weighted by Crippen LogP contribution is 2.43. The molecule has 2 aromatic heterocycles. The van der Waals surface area contributed by atoms with Gasteiger partial charge in [-0.05, 0) is 30.3 Å². The van der Waals surface area contributed by atoms with Crippen LogP contribution in [0.15, 0.2) is 42.7 Å². The number of ether oxygens (including phenoxy) is 3. The van der Waals surface area contributed by atoms with Gasteiger partial charge in [0.2, 0.25) is 0 Å². The molecular formula is C20H18FN3O5. The van der Waals surface area contributed by atoms with Crippen molar-refractivity contribution in [3.05, 3.63) is 59.8 Å². The first-order valence-corrected chi connectivity index (χ1v) is 8.76. The Balaban J connectivity index is 1.71. The molecule has 2 atom stereocenters. The van der Waals surface area contributed by atoms with Crippen LogP contribution in [0, 0.1) is 0 Å². The Bertz CT molecular complexity index is 1040. The lowest BCUT2D eigenvalue weighted by Gasteiger charge is -2.14. The minimum absolute atomic E-state index is 0.246. The van der Waals surface area contributed by atoms with Crippen molar-refractivity contribution in [3.8, 4) is 28.5 Å². The van der Waals surface area contributed by atoms with Gasteiger partial charge in [0.25, 0.3) is 0 Å². The van der Waals surface area contributed by atoms with Gasteiger partial charge >= 0.3 is 6.04 Å². The van der Waals surface area contributed by atoms with Crippen LogP contribution >= 0.6 is 0 Å². The van der Waals surface area contributed by atoms with Crippen LogP contribution in [0.25, 0.3) is 11.3 Å². The van der Waals surface area contributed by atoms with E-state index in [0.717, 1.165) is 0 Å². The molecule has 3 aromatic rings. The van der Waals surface area contributed by atoms with Gasteiger partial charge in [0.1, 0.15) is 24.2 Å². The number of aliphatic hydroxyl groups is 2. The molecule has 1 aromatic carbocycles. The predicted molar refractivity (Wildman–Crippen MR) is 99.0 cm³/mol. The highest BCUT2D eigenvalue weighted by molar-refractivity contribution is 5.70. The lowest BCUT2D eigenvalue weighted by molar-refractivity contribution is -0.173. The molecule has 0 saturated carbocycles. The van der Waals surface area contributed by atoms with Crippen molar-refractivity contribution in [3.63, 3.8) is 0 Å². The zero-order chi connectivity index (χ0) is 20.6. The largest absolute Gasteiger partial charge is 0.494 e. The Morgan fingerprint density at radius 3 is 2.55 bits per heavy atom. The summed E-state index contributed by atoms with van der Waals surface area (Å²) in [5, 5.41) is 19.7. The van der Waals surface area contributed by atoms with E-state index in [-0.39, 0.29) is 23.9 Å². The number of benzene rings is 1. The molecule has 0 aliphatic carbocycles. The van der Waals surface area contributed by atoms with Gasteiger partial charge in [0.05, 0.1) is 12.8 Å². The molecule has 0 radical (unpaired) electrons. The summed E-state index contributed by atoms with van der Waals surface area (Å²) < 4.78 is 29.6. The van der Waals surface area contributed by atoms with Gasteiger partial charge in [-0.1, -0.05) is 0 Å². The molecule has 0 fully saturated rings. The topological polar surface area (TPSA) is 107 Å². The third kappa shape index (κ3) is 3.69. The second-order valence-electron chi connectivity index (χ2n) is 6.48. The predicted octanol–water partition coefficient (Wildman–Crippen LogP) is 2.54. The molecule has 0 bridgehead atoms. The fraction of sp³-hybridized carbons (Fsp3) is 0.250. The summed E-state index contributed by atoms with van der Waals surface area (Å²) in [6, 6.07) is 5.95. The van der Waals surface area contributed by atoms with Crippen LogP contribution < -0.4 is 14.2 Å². The third-order valence-corrected chi connectivity index (χ3v) is 4.36. The molecule has 1 aliphatic heterocycles. The Labute approximate surface area is 165 Å². The second-order valence-corrected chi connectivity index (χ2v) is 6.48. The van der Waals surface area contributed by atoms with Crippen LogP contribution in [-0.2, 0) is 6.61 Å². The van der Waals surface area contributed by atoms with Gasteiger partial charge in [-0.2, -0.15) is 4.39 Å². The molecule has 1 aliphatic rings. The zero-order valence-corrected chi connectivity index (χ0v) is 15.7. The molecule has 0 amide bonds. The Kier molecular flexibility index (Phi) is 4.77. The first kappa shape index (κ1) is 19.0. The van der Waals surface area contributed by atoms with Crippen LogP contribution in [0.2, 0.25) is 0 Å². The Morgan fingerprint density at radius 1 is 1.14 bits per heavy atom. The molecule has 4 rings (SSSR count). The SMILES string of the molecule is COc1ccc([C@@H](O)c2cnc(CO)nc2)nc1-c1ccc2c(c1)OC(C)(F)O2.